The highest BCUT2D eigenvalue weighted by Gasteiger charge is 2.06. The fraction of sp³-hybridized carbons (Fsp3) is 0.700. The molecule has 1 rings (SSSR count). The maximum absolute atomic E-state index is 10.2. The van der Waals surface area contributed by atoms with Crippen molar-refractivity contribution in [1.82, 2.24) is 0 Å². The van der Waals surface area contributed by atoms with Crippen LogP contribution >= 0.6 is 0 Å². The molecule has 0 spiro atoms. The molecule has 1 N–H and O–H groups in total. The third-order valence-corrected chi connectivity index (χ3v) is 4.35. The van der Waals surface area contributed by atoms with Gasteiger partial charge < -0.3 is 5.11 Å². The summed E-state index contributed by atoms with van der Waals surface area (Å²) in [4.78, 5) is 0. The first-order valence-corrected chi connectivity index (χ1v) is 9.04. The maximum Gasteiger partial charge on any atom is 0.0790 e. The molecule has 1 unspecified atom stereocenters. The van der Waals surface area contributed by atoms with E-state index in [1.807, 2.05) is 0 Å². The van der Waals surface area contributed by atoms with Gasteiger partial charge in [-0.2, -0.15) is 0 Å². The van der Waals surface area contributed by atoms with Crippen LogP contribution < -0.4 is 0 Å². The van der Waals surface area contributed by atoms with Crippen molar-refractivity contribution < 1.29 is 5.11 Å². The molecule has 1 nitrogen and oxygen atoms in total. The predicted octanol–water partition coefficient (Wildman–Crippen LogP) is 6.20. The van der Waals surface area contributed by atoms with E-state index in [2.05, 4.69) is 38.1 Å². The van der Waals surface area contributed by atoms with Crippen LogP contribution in [0.2, 0.25) is 0 Å². The second kappa shape index (κ2) is 11.8. The predicted molar refractivity (Wildman–Crippen MR) is 92.6 cm³/mol. The van der Waals surface area contributed by atoms with Crippen LogP contribution in [0.15, 0.2) is 24.3 Å². The van der Waals surface area contributed by atoms with Crippen LogP contribution in [0.1, 0.15) is 95.3 Å². The fourth-order valence-electron chi connectivity index (χ4n) is 2.79. The van der Waals surface area contributed by atoms with E-state index < -0.39 is 0 Å². The number of rotatable bonds is 12. The molecule has 21 heavy (non-hydrogen) atoms. The summed E-state index contributed by atoms with van der Waals surface area (Å²) in [5.74, 6) is 0. The molecule has 0 fully saturated rings. The molecule has 1 heteroatoms. The second-order valence-corrected chi connectivity index (χ2v) is 6.23. The lowest BCUT2D eigenvalue weighted by Gasteiger charge is -2.11. The third-order valence-electron chi connectivity index (χ3n) is 4.35. The van der Waals surface area contributed by atoms with Crippen molar-refractivity contribution in [3.63, 3.8) is 0 Å². The van der Waals surface area contributed by atoms with Gasteiger partial charge in [-0.25, -0.2) is 0 Å². The standard InChI is InChI=1S/C20H34O/c1-3-5-6-7-8-9-10-11-12-13-20(21)19-16-14-18(4-2)15-17-19/h14-17,20-21H,3-13H2,1-2H3. The quantitative estimate of drug-likeness (QED) is 0.454. The van der Waals surface area contributed by atoms with Crippen LogP contribution in [0.4, 0.5) is 0 Å². The molecule has 0 amide bonds. The van der Waals surface area contributed by atoms with Crippen molar-refractivity contribution in [2.24, 2.45) is 0 Å². The van der Waals surface area contributed by atoms with E-state index in [-0.39, 0.29) is 6.10 Å². The number of aryl methyl sites for hydroxylation is 1. The van der Waals surface area contributed by atoms with Crippen LogP contribution in [-0.2, 0) is 6.42 Å². The summed E-state index contributed by atoms with van der Waals surface area (Å²) in [5, 5.41) is 10.2. The molecule has 1 aromatic carbocycles. The first-order valence-electron chi connectivity index (χ1n) is 9.04. The highest BCUT2D eigenvalue weighted by molar-refractivity contribution is 5.23. The summed E-state index contributed by atoms with van der Waals surface area (Å²) in [6.45, 7) is 4.43. The van der Waals surface area contributed by atoms with E-state index in [1.165, 1.54) is 56.9 Å². The van der Waals surface area contributed by atoms with Gasteiger partial charge in [0.25, 0.3) is 0 Å². The molecule has 120 valence electrons. The molecule has 0 aliphatic carbocycles. The number of aliphatic hydroxyl groups is 1. The molecule has 0 radical (unpaired) electrons. The molecule has 0 heterocycles. The number of hydrogen-bond donors (Lipinski definition) is 1. The van der Waals surface area contributed by atoms with Gasteiger partial charge in [-0.05, 0) is 24.0 Å². The van der Waals surface area contributed by atoms with Crippen molar-refractivity contribution in [1.29, 1.82) is 0 Å². The number of hydrogen-bond acceptors (Lipinski definition) is 1. The van der Waals surface area contributed by atoms with Crippen molar-refractivity contribution in [3.05, 3.63) is 35.4 Å². The minimum atomic E-state index is -0.277. The molecule has 1 atom stereocenters. The SMILES string of the molecule is CCCCCCCCCCCC(O)c1ccc(CC)cc1. The Balaban J connectivity index is 2.03. The molecule has 0 aromatic heterocycles. The van der Waals surface area contributed by atoms with Gasteiger partial charge in [0.2, 0.25) is 0 Å². The van der Waals surface area contributed by atoms with Crippen LogP contribution in [0.3, 0.4) is 0 Å². The van der Waals surface area contributed by atoms with Gasteiger partial charge in [-0.1, -0.05) is 95.9 Å². The largest absolute Gasteiger partial charge is 0.388 e. The van der Waals surface area contributed by atoms with Gasteiger partial charge in [0.05, 0.1) is 6.10 Å². The molecular weight excluding hydrogens is 256 g/mol. The van der Waals surface area contributed by atoms with Gasteiger partial charge in [-0.15, -0.1) is 0 Å². The lowest BCUT2D eigenvalue weighted by molar-refractivity contribution is 0.163. The number of benzene rings is 1. The van der Waals surface area contributed by atoms with E-state index in [0.717, 1.165) is 24.8 Å². The molecule has 0 saturated heterocycles. The first kappa shape index (κ1) is 18.2. The van der Waals surface area contributed by atoms with E-state index in [9.17, 15) is 5.11 Å². The van der Waals surface area contributed by atoms with E-state index in [1.54, 1.807) is 0 Å². The Morgan fingerprint density at radius 2 is 1.29 bits per heavy atom. The Morgan fingerprint density at radius 3 is 1.81 bits per heavy atom. The van der Waals surface area contributed by atoms with Crippen LogP contribution in [0, 0.1) is 0 Å². The fourth-order valence-corrected chi connectivity index (χ4v) is 2.79. The van der Waals surface area contributed by atoms with Gasteiger partial charge in [0.15, 0.2) is 0 Å². The zero-order chi connectivity index (χ0) is 15.3. The number of unbranched alkanes of at least 4 members (excludes halogenated alkanes) is 8. The molecule has 1 aromatic rings. The average molecular weight is 290 g/mol. The van der Waals surface area contributed by atoms with E-state index >= 15 is 0 Å². The molecule has 0 saturated carbocycles. The van der Waals surface area contributed by atoms with Crippen LogP contribution in [-0.4, -0.2) is 5.11 Å². The minimum Gasteiger partial charge on any atom is -0.388 e. The lowest BCUT2D eigenvalue weighted by atomic mass is 10.00. The van der Waals surface area contributed by atoms with Gasteiger partial charge in [0.1, 0.15) is 0 Å². The lowest BCUT2D eigenvalue weighted by Crippen LogP contribution is -1.97. The zero-order valence-corrected chi connectivity index (χ0v) is 14.1. The Hall–Kier alpha value is -0.820. The third kappa shape index (κ3) is 8.26. The molecule has 0 bridgehead atoms. The van der Waals surface area contributed by atoms with Crippen molar-refractivity contribution in [2.75, 3.05) is 0 Å². The Morgan fingerprint density at radius 1 is 0.762 bits per heavy atom. The van der Waals surface area contributed by atoms with Gasteiger partial charge in [0, 0.05) is 0 Å². The molecule has 0 aliphatic heterocycles. The minimum absolute atomic E-state index is 0.277. The highest BCUT2D eigenvalue weighted by atomic mass is 16.3. The summed E-state index contributed by atoms with van der Waals surface area (Å²) < 4.78 is 0. The zero-order valence-electron chi connectivity index (χ0n) is 14.1. The topological polar surface area (TPSA) is 20.2 Å². The van der Waals surface area contributed by atoms with Crippen molar-refractivity contribution >= 4 is 0 Å². The van der Waals surface area contributed by atoms with E-state index in [4.69, 9.17) is 0 Å². The Bertz CT molecular complexity index is 341. The first-order chi connectivity index (χ1) is 10.3. The van der Waals surface area contributed by atoms with Crippen LogP contribution in [0.25, 0.3) is 0 Å². The summed E-state index contributed by atoms with van der Waals surface area (Å²) in [6.07, 6.45) is 13.7. The Kier molecular flexibility index (Phi) is 10.2. The second-order valence-electron chi connectivity index (χ2n) is 6.23. The van der Waals surface area contributed by atoms with Crippen molar-refractivity contribution in [2.45, 2.75) is 90.6 Å². The van der Waals surface area contributed by atoms with Crippen molar-refractivity contribution in [3.8, 4) is 0 Å². The highest BCUT2D eigenvalue weighted by Crippen LogP contribution is 2.21. The Labute approximate surface area is 131 Å². The smallest absolute Gasteiger partial charge is 0.0790 e. The number of aliphatic hydroxyl groups excluding tert-OH is 1. The monoisotopic (exact) mass is 290 g/mol. The van der Waals surface area contributed by atoms with E-state index in [0.29, 0.717) is 0 Å². The molecule has 0 aliphatic rings. The average Bonchev–Trinajstić information content (AvgIpc) is 2.53. The summed E-state index contributed by atoms with van der Waals surface area (Å²) in [7, 11) is 0. The summed E-state index contributed by atoms with van der Waals surface area (Å²) >= 11 is 0. The summed E-state index contributed by atoms with van der Waals surface area (Å²) in [6, 6.07) is 8.43. The van der Waals surface area contributed by atoms with Gasteiger partial charge in [-0.3, -0.25) is 0 Å². The summed E-state index contributed by atoms with van der Waals surface area (Å²) in [5.41, 5.74) is 2.42. The maximum atomic E-state index is 10.2. The van der Waals surface area contributed by atoms with Crippen LogP contribution in [0.5, 0.6) is 0 Å². The molecular formula is C20H34O. The van der Waals surface area contributed by atoms with Gasteiger partial charge >= 0.3 is 0 Å². The normalized spacial score (nSPS) is 12.5.